The molecule has 2 aromatic rings. The van der Waals surface area contributed by atoms with E-state index in [1.165, 1.54) is 31.6 Å². The minimum atomic E-state index is -4.72. The topological polar surface area (TPSA) is 64.5 Å². The Morgan fingerprint density at radius 3 is 2.61 bits per heavy atom. The first kappa shape index (κ1) is 19.9. The fraction of sp³-hybridized carbons (Fsp3) is 0.421. The molecule has 1 aliphatic rings. The minimum absolute atomic E-state index is 0.196. The highest BCUT2D eigenvalue weighted by atomic mass is 19.4. The first-order valence-electron chi connectivity index (χ1n) is 8.73. The SMILES string of the molecule is COc1cncc(C(=O)N2CCCC2(C)Cc2ccc(OC(F)(F)F)cc2)n1. The van der Waals surface area contributed by atoms with Gasteiger partial charge in [0.05, 0.1) is 19.5 Å². The van der Waals surface area contributed by atoms with Crippen LogP contribution in [0, 0.1) is 0 Å². The van der Waals surface area contributed by atoms with E-state index in [9.17, 15) is 18.0 Å². The van der Waals surface area contributed by atoms with Crippen LogP contribution in [0.1, 0.15) is 35.8 Å². The second-order valence-corrected chi connectivity index (χ2v) is 6.87. The van der Waals surface area contributed by atoms with E-state index in [0.717, 1.165) is 18.4 Å². The maximum absolute atomic E-state index is 13.0. The summed E-state index contributed by atoms with van der Waals surface area (Å²) in [5.41, 5.74) is 0.531. The number of nitrogens with zero attached hydrogens (tertiary/aromatic N) is 3. The quantitative estimate of drug-likeness (QED) is 0.774. The van der Waals surface area contributed by atoms with Crippen molar-refractivity contribution in [3.8, 4) is 11.6 Å². The van der Waals surface area contributed by atoms with Crippen LogP contribution in [0.3, 0.4) is 0 Å². The molecular weight excluding hydrogens is 375 g/mol. The number of carbonyl (C=O) groups is 1. The summed E-state index contributed by atoms with van der Waals surface area (Å²) in [7, 11) is 1.45. The molecule has 9 heteroatoms. The molecule has 1 atom stereocenters. The van der Waals surface area contributed by atoms with Gasteiger partial charge in [-0.3, -0.25) is 9.78 Å². The third-order valence-electron chi connectivity index (χ3n) is 4.78. The number of hydrogen-bond donors (Lipinski definition) is 0. The van der Waals surface area contributed by atoms with Crippen molar-refractivity contribution < 1.29 is 27.4 Å². The normalized spacial score (nSPS) is 19.5. The number of alkyl halides is 3. The molecular formula is C19H20F3N3O3. The van der Waals surface area contributed by atoms with E-state index in [1.54, 1.807) is 17.0 Å². The third kappa shape index (κ3) is 4.52. The molecule has 0 bridgehead atoms. The minimum Gasteiger partial charge on any atom is -0.480 e. The predicted molar refractivity (Wildman–Crippen MR) is 94.1 cm³/mol. The molecule has 1 amide bonds. The Hall–Kier alpha value is -2.84. The van der Waals surface area contributed by atoms with Crippen LogP contribution in [-0.2, 0) is 6.42 Å². The van der Waals surface area contributed by atoms with Gasteiger partial charge in [-0.05, 0) is 43.9 Å². The molecule has 2 heterocycles. The zero-order chi connectivity index (χ0) is 20.4. The lowest BCUT2D eigenvalue weighted by Crippen LogP contribution is -2.46. The monoisotopic (exact) mass is 395 g/mol. The van der Waals surface area contributed by atoms with Gasteiger partial charge in [-0.15, -0.1) is 13.2 Å². The molecule has 150 valence electrons. The summed E-state index contributed by atoms with van der Waals surface area (Å²) < 4.78 is 45.8. The molecule has 0 N–H and O–H groups in total. The van der Waals surface area contributed by atoms with Gasteiger partial charge >= 0.3 is 6.36 Å². The van der Waals surface area contributed by atoms with Crippen LogP contribution in [-0.4, -0.2) is 46.3 Å². The number of carbonyl (C=O) groups excluding carboxylic acids is 1. The van der Waals surface area contributed by atoms with Gasteiger partial charge in [-0.2, -0.15) is 0 Å². The van der Waals surface area contributed by atoms with Crippen molar-refractivity contribution in [3.63, 3.8) is 0 Å². The van der Waals surface area contributed by atoms with Crippen molar-refractivity contribution in [2.45, 2.75) is 38.1 Å². The fourth-order valence-corrected chi connectivity index (χ4v) is 3.49. The Kier molecular flexibility index (Phi) is 5.44. The van der Waals surface area contributed by atoms with E-state index >= 15 is 0 Å². The summed E-state index contributed by atoms with van der Waals surface area (Å²) in [5, 5.41) is 0. The first-order valence-corrected chi connectivity index (χ1v) is 8.73. The molecule has 1 aliphatic heterocycles. The standard InChI is InChI=1S/C19H20F3N3O3/c1-18(10-13-4-6-14(7-5-13)28-19(20,21)22)8-3-9-25(18)17(26)15-11-23-12-16(24-15)27-2/h4-7,11-12H,3,8-10H2,1-2H3. The number of aromatic nitrogens is 2. The second-order valence-electron chi connectivity index (χ2n) is 6.87. The average Bonchev–Trinajstić information content (AvgIpc) is 3.02. The molecule has 0 spiro atoms. The van der Waals surface area contributed by atoms with E-state index < -0.39 is 11.9 Å². The van der Waals surface area contributed by atoms with Gasteiger partial charge in [0, 0.05) is 12.1 Å². The molecule has 3 rings (SSSR count). The van der Waals surface area contributed by atoms with E-state index in [0.29, 0.717) is 13.0 Å². The summed E-state index contributed by atoms with van der Waals surface area (Å²) in [4.78, 5) is 22.8. The van der Waals surface area contributed by atoms with Crippen LogP contribution in [0.4, 0.5) is 13.2 Å². The fourth-order valence-electron chi connectivity index (χ4n) is 3.49. The van der Waals surface area contributed by atoms with Crippen molar-refractivity contribution in [2.75, 3.05) is 13.7 Å². The highest BCUT2D eigenvalue weighted by Gasteiger charge is 2.40. The van der Waals surface area contributed by atoms with Gasteiger partial charge in [0.1, 0.15) is 5.75 Å². The highest BCUT2D eigenvalue weighted by Crippen LogP contribution is 2.34. The van der Waals surface area contributed by atoms with Gasteiger partial charge in [-0.1, -0.05) is 12.1 Å². The van der Waals surface area contributed by atoms with Crippen LogP contribution < -0.4 is 9.47 Å². The predicted octanol–water partition coefficient (Wildman–Crippen LogP) is 3.62. The third-order valence-corrected chi connectivity index (χ3v) is 4.78. The Morgan fingerprint density at radius 2 is 1.96 bits per heavy atom. The number of ether oxygens (including phenoxy) is 2. The molecule has 1 saturated heterocycles. The maximum atomic E-state index is 13.0. The van der Waals surface area contributed by atoms with E-state index in [4.69, 9.17) is 4.74 Å². The van der Waals surface area contributed by atoms with Crippen molar-refractivity contribution in [3.05, 3.63) is 47.9 Å². The van der Waals surface area contributed by atoms with Crippen LogP contribution in [0.5, 0.6) is 11.6 Å². The zero-order valence-electron chi connectivity index (χ0n) is 15.5. The van der Waals surface area contributed by atoms with E-state index in [1.807, 2.05) is 6.92 Å². The molecule has 0 saturated carbocycles. The van der Waals surface area contributed by atoms with Crippen molar-refractivity contribution in [1.82, 2.24) is 14.9 Å². The van der Waals surface area contributed by atoms with Gasteiger partial charge in [0.2, 0.25) is 5.88 Å². The summed E-state index contributed by atoms with van der Waals surface area (Å²) in [5.74, 6) is -0.261. The number of hydrogen-bond acceptors (Lipinski definition) is 5. The maximum Gasteiger partial charge on any atom is 0.573 e. The molecule has 28 heavy (non-hydrogen) atoms. The number of amides is 1. The van der Waals surface area contributed by atoms with Crippen molar-refractivity contribution >= 4 is 5.91 Å². The Balaban J connectivity index is 1.75. The van der Waals surface area contributed by atoms with Crippen LogP contribution >= 0.6 is 0 Å². The lowest BCUT2D eigenvalue weighted by Gasteiger charge is -2.35. The molecule has 0 aliphatic carbocycles. The number of likely N-dealkylation sites (tertiary alicyclic amines) is 1. The van der Waals surface area contributed by atoms with Crippen LogP contribution in [0.2, 0.25) is 0 Å². The van der Waals surface area contributed by atoms with Gasteiger partial charge in [0.25, 0.3) is 5.91 Å². The van der Waals surface area contributed by atoms with Gasteiger partial charge in [0.15, 0.2) is 5.69 Å². The molecule has 1 aromatic carbocycles. The largest absolute Gasteiger partial charge is 0.573 e. The first-order chi connectivity index (χ1) is 13.2. The average molecular weight is 395 g/mol. The smallest absolute Gasteiger partial charge is 0.480 e. The lowest BCUT2D eigenvalue weighted by atomic mass is 9.90. The highest BCUT2D eigenvalue weighted by molar-refractivity contribution is 5.93. The zero-order valence-corrected chi connectivity index (χ0v) is 15.5. The summed E-state index contributed by atoms with van der Waals surface area (Å²) >= 11 is 0. The van der Waals surface area contributed by atoms with E-state index in [2.05, 4.69) is 14.7 Å². The molecule has 1 unspecified atom stereocenters. The summed E-state index contributed by atoms with van der Waals surface area (Å²) in [6.45, 7) is 2.54. The number of rotatable bonds is 5. The van der Waals surface area contributed by atoms with Crippen LogP contribution in [0.15, 0.2) is 36.7 Å². The van der Waals surface area contributed by atoms with E-state index in [-0.39, 0.29) is 23.2 Å². The van der Waals surface area contributed by atoms with Crippen molar-refractivity contribution in [1.29, 1.82) is 0 Å². The molecule has 1 fully saturated rings. The summed E-state index contributed by atoms with van der Waals surface area (Å²) in [6.07, 6.45) is 0.200. The van der Waals surface area contributed by atoms with Gasteiger partial charge < -0.3 is 14.4 Å². The lowest BCUT2D eigenvalue weighted by molar-refractivity contribution is -0.274. The number of methoxy groups -OCH3 is 1. The molecule has 1 aromatic heterocycles. The van der Waals surface area contributed by atoms with Crippen LogP contribution in [0.25, 0.3) is 0 Å². The summed E-state index contributed by atoms with van der Waals surface area (Å²) in [6, 6.07) is 5.72. The molecule has 0 radical (unpaired) electrons. The Bertz CT molecular complexity index is 842. The Labute approximate surface area is 160 Å². The number of benzene rings is 1. The van der Waals surface area contributed by atoms with Crippen molar-refractivity contribution in [2.24, 2.45) is 0 Å². The Morgan fingerprint density at radius 1 is 1.25 bits per heavy atom. The number of halogens is 3. The molecule has 6 nitrogen and oxygen atoms in total. The van der Waals surface area contributed by atoms with Gasteiger partial charge in [-0.25, -0.2) is 4.98 Å². The second kappa shape index (κ2) is 7.65.